The number of nitrogens with zero attached hydrogens (tertiary/aromatic N) is 2. The molecular formula is C12H12N4O. The Hall–Kier alpha value is -2.43. The molecule has 0 bridgehead atoms. The number of benzene rings is 1. The average Bonchev–Trinajstić information content (AvgIpc) is 2.33. The standard InChI is InChI=1S/C12H12N4O/c1-7-2-3-8(13)4-9(7)10-5-15-12(14)11(6-17)16-10/h2-6H,13H2,1H3,(H2,14,15). The zero-order chi connectivity index (χ0) is 12.4. The first-order chi connectivity index (χ1) is 8.11. The number of hydrogen-bond donors (Lipinski definition) is 2. The Morgan fingerprint density at radius 2 is 2.06 bits per heavy atom. The van der Waals surface area contributed by atoms with Gasteiger partial charge in [-0.25, -0.2) is 9.97 Å². The molecule has 5 nitrogen and oxygen atoms in total. The van der Waals surface area contributed by atoms with Gasteiger partial charge in [0.05, 0.1) is 11.9 Å². The number of nitrogen functional groups attached to an aromatic ring is 2. The first kappa shape index (κ1) is 11.1. The summed E-state index contributed by atoms with van der Waals surface area (Å²) in [5.41, 5.74) is 14.5. The molecule has 5 heteroatoms. The van der Waals surface area contributed by atoms with Gasteiger partial charge in [-0.1, -0.05) is 6.07 Å². The first-order valence-corrected chi connectivity index (χ1v) is 5.06. The highest BCUT2D eigenvalue weighted by molar-refractivity contribution is 5.80. The predicted molar refractivity (Wildman–Crippen MR) is 66.4 cm³/mol. The second-order valence-electron chi connectivity index (χ2n) is 3.72. The third kappa shape index (κ3) is 2.08. The summed E-state index contributed by atoms with van der Waals surface area (Å²) >= 11 is 0. The molecule has 0 aliphatic carbocycles. The summed E-state index contributed by atoms with van der Waals surface area (Å²) in [4.78, 5) is 18.8. The van der Waals surface area contributed by atoms with E-state index >= 15 is 0 Å². The largest absolute Gasteiger partial charge is 0.399 e. The molecule has 1 aromatic carbocycles. The number of anilines is 2. The molecule has 0 saturated carbocycles. The Morgan fingerprint density at radius 3 is 2.76 bits per heavy atom. The molecule has 0 aliphatic heterocycles. The molecule has 2 aromatic rings. The molecular weight excluding hydrogens is 216 g/mol. The van der Waals surface area contributed by atoms with E-state index in [-0.39, 0.29) is 11.5 Å². The van der Waals surface area contributed by atoms with Gasteiger partial charge >= 0.3 is 0 Å². The van der Waals surface area contributed by atoms with E-state index in [2.05, 4.69) is 9.97 Å². The van der Waals surface area contributed by atoms with Gasteiger partial charge in [-0.05, 0) is 24.6 Å². The number of hydrogen-bond acceptors (Lipinski definition) is 5. The molecule has 0 atom stereocenters. The predicted octanol–water partition coefficient (Wildman–Crippen LogP) is 1.43. The van der Waals surface area contributed by atoms with Crippen molar-refractivity contribution in [3.63, 3.8) is 0 Å². The zero-order valence-electron chi connectivity index (χ0n) is 9.34. The van der Waals surface area contributed by atoms with Gasteiger partial charge in [-0.2, -0.15) is 0 Å². The lowest BCUT2D eigenvalue weighted by molar-refractivity contribution is 0.111. The summed E-state index contributed by atoms with van der Waals surface area (Å²) in [7, 11) is 0. The summed E-state index contributed by atoms with van der Waals surface area (Å²) in [6.07, 6.45) is 2.12. The van der Waals surface area contributed by atoms with Gasteiger partial charge in [0, 0.05) is 11.3 Å². The van der Waals surface area contributed by atoms with Crippen molar-refractivity contribution in [2.75, 3.05) is 11.5 Å². The number of nitrogens with two attached hydrogens (primary N) is 2. The van der Waals surface area contributed by atoms with E-state index in [0.29, 0.717) is 17.7 Å². The monoisotopic (exact) mass is 228 g/mol. The fourth-order valence-corrected chi connectivity index (χ4v) is 1.54. The minimum absolute atomic E-state index is 0.130. The van der Waals surface area contributed by atoms with Crippen LogP contribution in [0.2, 0.25) is 0 Å². The molecule has 0 radical (unpaired) electrons. The average molecular weight is 228 g/mol. The molecule has 4 N–H and O–H groups in total. The molecule has 0 spiro atoms. The number of carbonyl (C=O) groups excluding carboxylic acids is 1. The van der Waals surface area contributed by atoms with E-state index in [4.69, 9.17) is 11.5 Å². The highest BCUT2D eigenvalue weighted by Crippen LogP contribution is 2.24. The van der Waals surface area contributed by atoms with E-state index in [1.165, 1.54) is 6.20 Å². The van der Waals surface area contributed by atoms with Crippen LogP contribution in [0, 0.1) is 6.92 Å². The van der Waals surface area contributed by atoms with Crippen LogP contribution in [0.5, 0.6) is 0 Å². The molecule has 0 amide bonds. The van der Waals surface area contributed by atoms with Crippen molar-refractivity contribution < 1.29 is 4.79 Å². The first-order valence-electron chi connectivity index (χ1n) is 5.06. The molecule has 86 valence electrons. The summed E-state index contributed by atoms with van der Waals surface area (Å²) in [5, 5.41) is 0. The lowest BCUT2D eigenvalue weighted by Gasteiger charge is -2.07. The third-order valence-electron chi connectivity index (χ3n) is 2.48. The Labute approximate surface area is 98.5 Å². The maximum absolute atomic E-state index is 10.8. The van der Waals surface area contributed by atoms with Crippen molar-refractivity contribution in [3.05, 3.63) is 35.7 Å². The van der Waals surface area contributed by atoms with Crippen LogP contribution in [0.1, 0.15) is 16.1 Å². The number of aryl methyl sites for hydroxylation is 1. The molecule has 2 rings (SSSR count). The fraction of sp³-hybridized carbons (Fsp3) is 0.0833. The van der Waals surface area contributed by atoms with E-state index in [1.807, 2.05) is 19.1 Å². The topological polar surface area (TPSA) is 94.9 Å². The number of aldehydes is 1. The summed E-state index contributed by atoms with van der Waals surface area (Å²) in [5.74, 6) is 0.130. The fourth-order valence-electron chi connectivity index (χ4n) is 1.54. The molecule has 0 saturated heterocycles. The van der Waals surface area contributed by atoms with Gasteiger partial charge in [0.25, 0.3) is 0 Å². The number of carbonyl (C=O) groups is 1. The Bertz CT molecular complexity index is 581. The minimum Gasteiger partial charge on any atom is -0.399 e. The molecule has 1 heterocycles. The van der Waals surface area contributed by atoms with Crippen LogP contribution >= 0.6 is 0 Å². The van der Waals surface area contributed by atoms with Crippen molar-refractivity contribution in [3.8, 4) is 11.3 Å². The normalized spacial score (nSPS) is 10.2. The molecule has 0 unspecified atom stereocenters. The second-order valence-corrected chi connectivity index (χ2v) is 3.72. The van der Waals surface area contributed by atoms with Crippen LogP contribution in [-0.4, -0.2) is 16.3 Å². The summed E-state index contributed by atoms with van der Waals surface area (Å²) in [6, 6.07) is 5.50. The third-order valence-corrected chi connectivity index (χ3v) is 2.48. The minimum atomic E-state index is 0.130. The van der Waals surface area contributed by atoms with Crippen LogP contribution < -0.4 is 11.5 Å². The molecule has 1 aromatic heterocycles. The Morgan fingerprint density at radius 1 is 1.29 bits per heavy atom. The van der Waals surface area contributed by atoms with E-state index < -0.39 is 0 Å². The van der Waals surface area contributed by atoms with E-state index in [1.54, 1.807) is 6.07 Å². The number of aromatic nitrogens is 2. The van der Waals surface area contributed by atoms with Crippen LogP contribution in [-0.2, 0) is 0 Å². The molecule has 0 aliphatic rings. The SMILES string of the molecule is Cc1ccc(N)cc1-c1cnc(N)c(C=O)n1. The van der Waals surface area contributed by atoms with Crippen molar-refractivity contribution >= 4 is 17.8 Å². The molecule has 0 fully saturated rings. The Balaban J connectivity index is 2.60. The van der Waals surface area contributed by atoms with Crippen LogP contribution in [0.3, 0.4) is 0 Å². The highest BCUT2D eigenvalue weighted by Gasteiger charge is 2.08. The van der Waals surface area contributed by atoms with Gasteiger partial charge in [0.15, 0.2) is 12.1 Å². The van der Waals surface area contributed by atoms with E-state index in [9.17, 15) is 4.79 Å². The van der Waals surface area contributed by atoms with Gasteiger partial charge in [-0.3, -0.25) is 4.79 Å². The van der Waals surface area contributed by atoms with Crippen molar-refractivity contribution in [2.45, 2.75) is 6.92 Å². The summed E-state index contributed by atoms with van der Waals surface area (Å²) < 4.78 is 0. The van der Waals surface area contributed by atoms with Crippen LogP contribution in [0.15, 0.2) is 24.4 Å². The van der Waals surface area contributed by atoms with Gasteiger partial charge in [0.1, 0.15) is 5.69 Å². The molecule has 17 heavy (non-hydrogen) atoms. The highest BCUT2D eigenvalue weighted by atomic mass is 16.1. The van der Waals surface area contributed by atoms with Crippen molar-refractivity contribution in [1.82, 2.24) is 9.97 Å². The maximum atomic E-state index is 10.8. The van der Waals surface area contributed by atoms with Gasteiger partial charge in [0.2, 0.25) is 0 Å². The quantitative estimate of drug-likeness (QED) is 0.598. The van der Waals surface area contributed by atoms with Crippen molar-refractivity contribution in [1.29, 1.82) is 0 Å². The van der Waals surface area contributed by atoms with Gasteiger partial charge < -0.3 is 11.5 Å². The van der Waals surface area contributed by atoms with Crippen LogP contribution in [0.4, 0.5) is 11.5 Å². The zero-order valence-corrected chi connectivity index (χ0v) is 9.34. The number of rotatable bonds is 2. The lowest BCUT2D eigenvalue weighted by atomic mass is 10.1. The van der Waals surface area contributed by atoms with Crippen LogP contribution in [0.25, 0.3) is 11.3 Å². The maximum Gasteiger partial charge on any atom is 0.172 e. The second kappa shape index (κ2) is 4.21. The van der Waals surface area contributed by atoms with Gasteiger partial charge in [-0.15, -0.1) is 0 Å². The van der Waals surface area contributed by atoms with Crippen molar-refractivity contribution in [2.24, 2.45) is 0 Å². The lowest BCUT2D eigenvalue weighted by Crippen LogP contribution is -2.02. The van der Waals surface area contributed by atoms with E-state index in [0.717, 1.165) is 11.1 Å². The Kier molecular flexibility index (Phi) is 2.74. The smallest absolute Gasteiger partial charge is 0.172 e. The summed E-state index contributed by atoms with van der Waals surface area (Å²) in [6.45, 7) is 1.94.